The molecule has 0 aliphatic rings. The largest absolute Gasteiger partial charge is 0.550 e. The molecule has 0 aromatic carbocycles. The number of hydrogen-bond acceptors (Lipinski definition) is 6. The molecule has 0 aliphatic carbocycles. The van der Waals surface area contributed by atoms with E-state index in [2.05, 4.69) is 0 Å². The molecule has 0 aliphatic heterocycles. The summed E-state index contributed by atoms with van der Waals surface area (Å²) in [5.74, 6) is -6.36. The SMILES string of the molecule is O=C([O-])CCCC(O)(O)C(=O)[O-]. The van der Waals surface area contributed by atoms with Gasteiger partial charge in [-0.1, -0.05) is 0 Å². The zero-order valence-corrected chi connectivity index (χ0v) is 6.15. The first-order valence-electron chi connectivity index (χ1n) is 3.22. The van der Waals surface area contributed by atoms with Gasteiger partial charge in [0.25, 0.3) is 0 Å². The Morgan fingerprint density at radius 1 is 1.25 bits per heavy atom. The van der Waals surface area contributed by atoms with Crippen LogP contribution in [0.3, 0.4) is 0 Å². The van der Waals surface area contributed by atoms with Gasteiger partial charge in [0.1, 0.15) is 5.97 Å². The molecule has 0 spiro atoms. The fraction of sp³-hybridized carbons (Fsp3) is 0.667. The highest BCUT2D eigenvalue weighted by atomic mass is 16.5. The van der Waals surface area contributed by atoms with Crippen LogP contribution < -0.4 is 10.2 Å². The second kappa shape index (κ2) is 4.03. The molecule has 0 amide bonds. The topological polar surface area (TPSA) is 121 Å². The van der Waals surface area contributed by atoms with E-state index in [1.807, 2.05) is 0 Å². The van der Waals surface area contributed by atoms with E-state index in [-0.39, 0.29) is 6.42 Å². The lowest BCUT2D eigenvalue weighted by molar-refractivity contribution is -0.348. The molecule has 0 saturated heterocycles. The average Bonchev–Trinajstić information content (AvgIpc) is 1.85. The molecule has 0 bridgehead atoms. The third kappa shape index (κ3) is 3.89. The van der Waals surface area contributed by atoms with E-state index < -0.39 is 30.6 Å². The lowest BCUT2D eigenvalue weighted by atomic mass is 10.1. The van der Waals surface area contributed by atoms with Crippen LogP contribution in [0.4, 0.5) is 0 Å². The van der Waals surface area contributed by atoms with Crippen LogP contribution in [0, 0.1) is 0 Å². The van der Waals surface area contributed by atoms with E-state index >= 15 is 0 Å². The van der Waals surface area contributed by atoms with Gasteiger partial charge in [-0.3, -0.25) is 0 Å². The Labute approximate surface area is 68.1 Å². The van der Waals surface area contributed by atoms with Gasteiger partial charge in [0.15, 0.2) is 0 Å². The molecule has 0 aromatic rings. The Balaban J connectivity index is 3.76. The molecule has 0 fully saturated rings. The second-order valence-electron chi connectivity index (χ2n) is 2.33. The summed E-state index contributed by atoms with van der Waals surface area (Å²) in [4.78, 5) is 19.7. The molecule has 70 valence electrons. The fourth-order valence-electron chi connectivity index (χ4n) is 0.581. The monoisotopic (exact) mass is 176 g/mol. The summed E-state index contributed by atoms with van der Waals surface area (Å²) in [6.45, 7) is 0. The Morgan fingerprint density at radius 3 is 2.08 bits per heavy atom. The Hall–Kier alpha value is -1.14. The molecule has 0 saturated carbocycles. The predicted molar refractivity (Wildman–Crippen MR) is 31.0 cm³/mol. The number of hydrogen-bond donors (Lipinski definition) is 2. The zero-order chi connectivity index (χ0) is 9.78. The van der Waals surface area contributed by atoms with Crippen LogP contribution in [-0.2, 0) is 9.59 Å². The van der Waals surface area contributed by atoms with Crippen LogP contribution >= 0.6 is 0 Å². The zero-order valence-electron chi connectivity index (χ0n) is 6.15. The van der Waals surface area contributed by atoms with E-state index in [4.69, 9.17) is 10.2 Å². The Kier molecular flexibility index (Phi) is 3.65. The van der Waals surface area contributed by atoms with Crippen LogP contribution in [0.25, 0.3) is 0 Å². The Bertz CT molecular complexity index is 184. The van der Waals surface area contributed by atoms with Gasteiger partial charge < -0.3 is 30.0 Å². The summed E-state index contributed by atoms with van der Waals surface area (Å²) in [5, 5.41) is 36.9. The molecular formula is C6H8O6-2. The summed E-state index contributed by atoms with van der Waals surface area (Å²) in [6.07, 6.45) is -1.21. The van der Waals surface area contributed by atoms with Gasteiger partial charge >= 0.3 is 0 Å². The van der Waals surface area contributed by atoms with Crippen molar-refractivity contribution in [1.82, 2.24) is 0 Å². The highest BCUT2D eigenvalue weighted by molar-refractivity contribution is 5.72. The summed E-state index contributed by atoms with van der Waals surface area (Å²) < 4.78 is 0. The van der Waals surface area contributed by atoms with Crippen LogP contribution in [0.5, 0.6) is 0 Å². The maximum Gasteiger partial charge on any atom is 0.204 e. The van der Waals surface area contributed by atoms with Crippen molar-refractivity contribution in [1.29, 1.82) is 0 Å². The lowest BCUT2D eigenvalue weighted by Crippen LogP contribution is -2.48. The molecule has 0 rings (SSSR count). The smallest absolute Gasteiger partial charge is 0.204 e. The van der Waals surface area contributed by atoms with Gasteiger partial charge in [-0.05, 0) is 12.8 Å². The van der Waals surface area contributed by atoms with Crippen molar-refractivity contribution in [3.63, 3.8) is 0 Å². The number of carbonyl (C=O) groups is 2. The highest BCUT2D eigenvalue weighted by Gasteiger charge is 2.23. The van der Waals surface area contributed by atoms with Crippen LogP contribution in [-0.4, -0.2) is 27.9 Å². The van der Waals surface area contributed by atoms with Crippen LogP contribution in [0.15, 0.2) is 0 Å². The van der Waals surface area contributed by atoms with Gasteiger partial charge in [-0.2, -0.15) is 0 Å². The number of rotatable bonds is 5. The molecule has 2 N–H and O–H groups in total. The minimum atomic E-state index is -2.95. The minimum Gasteiger partial charge on any atom is -0.550 e. The number of carboxylic acids is 2. The molecule has 6 nitrogen and oxygen atoms in total. The number of carboxylic acid groups (broad SMARTS) is 2. The van der Waals surface area contributed by atoms with Crippen molar-refractivity contribution in [3.05, 3.63) is 0 Å². The van der Waals surface area contributed by atoms with E-state index in [1.165, 1.54) is 0 Å². The molecule has 0 heterocycles. The number of carbonyl (C=O) groups excluding carboxylic acids is 2. The van der Waals surface area contributed by atoms with Gasteiger partial charge in [0, 0.05) is 12.4 Å². The molecule has 0 radical (unpaired) electrons. The molecule has 0 unspecified atom stereocenters. The summed E-state index contributed by atoms with van der Waals surface area (Å²) in [5.41, 5.74) is 0. The maximum absolute atomic E-state index is 9.92. The first kappa shape index (κ1) is 10.9. The first-order chi connectivity index (χ1) is 5.36. The third-order valence-electron chi connectivity index (χ3n) is 1.23. The summed E-state index contributed by atoms with van der Waals surface area (Å²) >= 11 is 0. The van der Waals surface area contributed by atoms with E-state index in [1.54, 1.807) is 0 Å². The van der Waals surface area contributed by atoms with Gasteiger partial charge in [0.2, 0.25) is 5.79 Å². The van der Waals surface area contributed by atoms with E-state index in [0.29, 0.717) is 0 Å². The molecular weight excluding hydrogens is 168 g/mol. The second-order valence-corrected chi connectivity index (χ2v) is 2.33. The summed E-state index contributed by atoms with van der Waals surface area (Å²) in [6, 6.07) is 0. The van der Waals surface area contributed by atoms with E-state index in [9.17, 15) is 19.8 Å². The molecule has 0 atom stereocenters. The molecule has 6 heteroatoms. The fourth-order valence-corrected chi connectivity index (χ4v) is 0.581. The highest BCUT2D eigenvalue weighted by Crippen LogP contribution is 2.08. The first-order valence-corrected chi connectivity index (χ1v) is 3.22. The standard InChI is InChI=1S/C6H10O6/c7-4(8)2-1-3-6(11,12)5(9)10/h11-12H,1-3H2,(H,7,8)(H,9,10)/p-2. The minimum absolute atomic E-state index is 0.191. The van der Waals surface area contributed by atoms with Crippen molar-refractivity contribution in [2.24, 2.45) is 0 Å². The lowest BCUT2D eigenvalue weighted by Gasteiger charge is -2.22. The van der Waals surface area contributed by atoms with Crippen molar-refractivity contribution >= 4 is 11.9 Å². The Morgan fingerprint density at radius 2 is 1.75 bits per heavy atom. The van der Waals surface area contributed by atoms with Crippen molar-refractivity contribution in [3.8, 4) is 0 Å². The van der Waals surface area contributed by atoms with Crippen molar-refractivity contribution < 1.29 is 30.0 Å². The molecule has 0 aromatic heterocycles. The van der Waals surface area contributed by atoms with Crippen molar-refractivity contribution in [2.45, 2.75) is 25.0 Å². The number of aliphatic hydroxyl groups is 2. The van der Waals surface area contributed by atoms with Crippen LogP contribution in [0.1, 0.15) is 19.3 Å². The van der Waals surface area contributed by atoms with Gasteiger partial charge in [-0.25, -0.2) is 0 Å². The normalized spacial score (nSPS) is 11.2. The average molecular weight is 176 g/mol. The van der Waals surface area contributed by atoms with Crippen molar-refractivity contribution in [2.75, 3.05) is 0 Å². The summed E-state index contributed by atoms with van der Waals surface area (Å²) in [7, 11) is 0. The predicted octanol–water partition coefficient (Wildman–Crippen LogP) is -3.66. The van der Waals surface area contributed by atoms with Gasteiger partial charge in [-0.15, -0.1) is 0 Å². The van der Waals surface area contributed by atoms with Crippen LogP contribution in [0.2, 0.25) is 0 Å². The quantitative estimate of drug-likeness (QED) is 0.416. The third-order valence-corrected chi connectivity index (χ3v) is 1.23. The van der Waals surface area contributed by atoms with Gasteiger partial charge in [0.05, 0.1) is 0 Å². The van der Waals surface area contributed by atoms with E-state index in [0.717, 1.165) is 0 Å². The maximum atomic E-state index is 9.92. The number of aliphatic carboxylic acids is 2. The molecule has 12 heavy (non-hydrogen) atoms.